The van der Waals surface area contributed by atoms with Gasteiger partial charge in [0.15, 0.2) is 0 Å². The van der Waals surface area contributed by atoms with Crippen molar-refractivity contribution in [2.75, 3.05) is 34.0 Å². The van der Waals surface area contributed by atoms with Crippen LogP contribution in [0.25, 0.3) is 0 Å². The summed E-state index contributed by atoms with van der Waals surface area (Å²) in [6.45, 7) is 4.74. The third kappa shape index (κ3) is 5.15. The molecule has 1 aliphatic rings. The van der Waals surface area contributed by atoms with Crippen LogP contribution in [0.2, 0.25) is 0 Å². The maximum Gasteiger partial charge on any atom is 0.434 e. The van der Waals surface area contributed by atoms with Crippen molar-refractivity contribution in [2.24, 2.45) is 0 Å². The molecule has 1 saturated heterocycles. The van der Waals surface area contributed by atoms with Crippen molar-refractivity contribution in [3.05, 3.63) is 36.4 Å². The molecule has 2 rings (SSSR count). The second-order valence-corrected chi connectivity index (χ2v) is 4.83. The highest BCUT2D eigenvalue weighted by Crippen LogP contribution is 2.26. The highest BCUT2D eigenvalue weighted by molar-refractivity contribution is 5.66. The largest absolute Gasteiger partial charge is 0.497 e. The zero-order chi connectivity index (χ0) is 16.7. The number of carbonyl (C=O) groups is 1. The Balaban J connectivity index is 2.08. The normalized spacial score (nSPS) is 15.7. The molecule has 23 heavy (non-hydrogen) atoms. The van der Waals surface area contributed by atoms with Gasteiger partial charge in [0, 0.05) is 11.6 Å². The van der Waals surface area contributed by atoms with Crippen molar-refractivity contribution in [3.63, 3.8) is 0 Å². The fourth-order valence-corrected chi connectivity index (χ4v) is 1.84. The van der Waals surface area contributed by atoms with Gasteiger partial charge in [0.1, 0.15) is 30.8 Å². The van der Waals surface area contributed by atoms with Crippen LogP contribution in [0, 0.1) is 0 Å². The van der Waals surface area contributed by atoms with Gasteiger partial charge in [-0.2, -0.15) is 5.06 Å². The molecule has 126 valence electrons. The van der Waals surface area contributed by atoms with E-state index in [-0.39, 0.29) is 19.3 Å². The topological polar surface area (TPSA) is 69.8 Å². The first-order valence-corrected chi connectivity index (χ1v) is 7.18. The lowest BCUT2D eigenvalue weighted by Gasteiger charge is -2.22. The summed E-state index contributed by atoms with van der Waals surface area (Å²) in [5.74, 6) is 1.26. The molecule has 1 aromatic carbocycles. The maximum absolute atomic E-state index is 12.1. The average molecular weight is 323 g/mol. The van der Waals surface area contributed by atoms with Crippen molar-refractivity contribution >= 4 is 6.09 Å². The number of nitrogens with zero attached hydrogens (tertiary/aromatic N) is 1. The number of hydrogen-bond acceptors (Lipinski definition) is 6. The molecule has 0 unspecified atom stereocenters. The van der Waals surface area contributed by atoms with Crippen LogP contribution in [0.3, 0.4) is 0 Å². The first kappa shape index (κ1) is 17.1. The summed E-state index contributed by atoms with van der Waals surface area (Å²) in [5.41, 5.74) is 0.764. The number of methoxy groups -OCH3 is 2. The van der Waals surface area contributed by atoms with Gasteiger partial charge in [-0.15, -0.1) is 0 Å². The van der Waals surface area contributed by atoms with Crippen LogP contribution in [-0.4, -0.2) is 51.3 Å². The second-order valence-electron chi connectivity index (χ2n) is 4.83. The molecule has 0 spiro atoms. The number of carbonyl (C=O) groups excluding carboxylic acids is 1. The Labute approximate surface area is 135 Å². The standard InChI is InChI=1S/C16H21NO6/c1-4-7-21-16(18)17(23-11-14-10-22-14)9-12-5-6-13(19-2)8-15(12)20-3/h4-6,8,14H,1,7,9-11H2,2-3H3/t14-/m0/s1. The number of ether oxygens (including phenoxy) is 4. The molecule has 0 bridgehead atoms. The van der Waals surface area contributed by atoms with Crippen molar-refractivity contribution in [1.29, 1.82) is 0 Å². The third-order valence-electron chi connectivity index (χ3n) is 3.16. The van der Waals surface area contributed by atoms with Gasteiger partial charge in [-0.25, -0.2) is 4.79 Å². The first-order chi connectivity index (χ1) is 11.2. The Morgan fingerprint density at radius 2 is 2.22 bits per heavy atom. The van der Waals surface area contributed by atoms with Gasteiger partial charge in [-0.3, -0.25) is 4.84 Å². The lowest BCUT2D eigenvalue weighted by molar-refractivity contribution is -0.145. The molecule has 0 aliphatic carbocycles. The van der Waals surface area contributed by atoms with E-state index in [1.807, 2.05) is 6.07 Å². The van der Waals surface area contributed by atoms with Gasteiger partial charge in [0.05, 0.1) is 27.4 Å². The SMILES string of the molecule is C=CCOC(=O)N(Cc1ccc(OC)cc1OC)OC[C@@H]1CO1. The molecule has 0 saturated carbocycles. The smallest absolute Gasteiger partial charge is 0.434 e. The van der Waals surface area contributed by atoms with Crippen LogP contribution in [0.15, 0.2) is 30.9 Å². The molecule has 1 atom stereocenters. The highest BCUT2D eigenvalue weighted by Gasteiger charge is 2.26. The molecule has 1 fully saturated rings. The summed E-state index contributed by atoms with van der Waals surface area (Å²) in [4.78, 5) is 17.6. The minimum atomic E-state index is -0.594. The van der Waals surface area contributed by atoms with Crippen LogP contribution in [-0.2, 0) is 20.9 Å². The Kier molecular flexibility index (Phi) is 6.25. The van der Waals surface area contributed by atoms with Crippen LogP contribution in [0.5, 0.6) is 11.5 Å². The third-order valence-corrected chi connectivity index (χ3v) is 3.16. The Morgan fingerprint density at radius 3 is 2.83 bits per heavy atom. The van der Waals surface area contributed by atoms with Gasteiger partial charge in [0.25, 0.3) is 0 Å². The molecule has 7 heteroatoms. The highest BCUT2D eigenvalue weighted by atomic mass is 16.7. The summed E-state index contributed by atoms with van der Waals surface area (Å²) in [6.07, 6.45) is 0.930. The summed E-state index contributed by atoms with van der Waals surface area (Å²) in [5, 5.41) is 1.15. The molecule has 0 radical (unpaired) electrons. The Hall–Kier alpha value is -2.25. The van der Waals surface area contributed by atoms with Gasteiger partial charge in [-0.1, -0.05) is 12.7 Å². The molecule has 1 aliphatic heterocycles. The van der Waals surface area contributed by atoms with Gasteiger partial charge in [0.2, 0.25) is 0 Å². The molecule has 1 amide bonds. The lowest BCUT2D eigenvalue weighted by atomic mass is 10.2. The summed E-state index contributed by atoms with van der Waals surface area (Å²) in [7, 11) is 3.13. The van der Waals surface area contributed by atoms with Crippen LogP contribution >= 0.6 is 0 Å². The van der Waals surface area contributed by atoms with Crippen molar-refractivity contribution < 1.29 is 28.6 Å². The first-order valence-electron chi connectivity index (χ1n) is 7.18. The maximum atomic E-state index is 12.1. The zero-order valence-corrected chi connectivity index (χ0v) is 13.3. The number of hydrogen-bond donors (Lipinski definition) is 0. The Bertz CT molecular complexity index is 543. The molecule has 1 heterocycles. The number of rotatable bonds is 9. The monoisotopic (exact) mass is 323 g/mol. The van der Waals surface area contributed by atoms with E-state index < -0.39 is 6.09 Å². The van der Waals surface area contributed by atoms with Gasteiger partial charge in [-0.05, 0) is 12.1 Å². The number of hydroxylamine groups is 2. The zero-order valence-electron chi connectivity index (χ0n) is 13.3. The van der Waals surface area contributed by atoms with Crippen LogP contribution < -0.4 is 9.47 Å². The van der Waals surface area contributed by atoms with E-state index in [1.165, 1.54) is 6.08 Å². The summed E-state index contributed by atoms with van der Waals surface area (Å²) in [6, 6.07) is 5.34. The van der Waals surface area contributed by atoms with E-state index in [0.29, 0.717) is 24.7 Å². The van der Waals surface area contributed by atoms with E-state index in [9.17, 15) is 4.79 Å². The molecular formula is C16H21NO6. The van der Waals surface area contributed by atoms with Crippen molar-refractivity contribution in [3.8, 4) is 11.5 Å². The van der Waals surface area contributed by atoms with Gasteiger partial charge < -0.3 is 18.9 Å². The van der Waals surface area contributed by atoms with E-state index >= 15 is 0 Å². The van der Waals surface area contributed by atoms with Gasteiger partial charge >= 0.3 is 6.09 Å². The predicted octanol–water partition coefficient (Wildman–Crippen LogP) is 2.16. The lowest BCUT2D eigenvalue weighted by Crippen LogP contribution is -2.33. The number of benzene rings is 1. The average Bonchev–Trinajstić information content (AvgIpc) is 3.40. The molecule has 1 aromatic rings. The molecule has 0 N–H and O–H groups in total. The predicted molar refractivity (Wildman–Crippen MR) is 82.3 cm³/mol. The summed E-state index contributed by atoms with van der Waals surface area (Å²) < 4.78 is 20.6. The van der Waals surface area contributed by atoms with Crippen molar-refractivity contribution in [2.45, 2.75) is 12.6 Å². The van der Waals surface area contributed by atoms with E-state index in [4.69, 9.17) is 23.8 Å². The van der Waals surface area contributed by atoms with E-state index in [1.54, 1.807) is 26.4 Å². The Morgan fingerprint density at radius 1 is 1.43 bits per heavy atom. The van der Waals surface area contributed by atoms with E-state index in [2.05, 4.69) is 6.58 Å². The molecular weight excluding hydrogens is 302 g/mol. The van der Waals surface area contributed by atoms with Crippen molar-refractivity contribution in [1.82, 2.24) is 5.06 Å². The number of epoxide rings is 1. The quantitative estimate of drug-likeness (QED) is 0.394. The second kappa shape index (κ2) is 8.40. The van der Waals surface area contributed by atoms with Crippen LogP contribution in [0.4, 0.5) is 4.79 Å². The fourth-order valence-electron chi connectivity index (χ4n) is 1.84. The minimum Gasteiger partial charge on any atom is -0.497 e. The van der Waals surface area contributed by atoms with Crippen LogP contribution in [0.1, 0.15) is 5.56 Å². The summed E-state index contributed by atoms with van der Waals surface area (Å²) >= 11 is 0. The fraction of sp³-hybridized carbons (Fsp3) is 0.438. The van der Waals surface area contributed by atoms with E-state index in [0.717, 1.165) is 10.6 Å². The minimum absolute atomic E-state index is 0.0301. The molecule has 7 nitrogen and oxygen atoms in total. The number of amides is 1. The molecule has 0 aromatic heterocycles.